The number of hydrogen-bond donors (Lipinski definition) is 3. The average molecular weight is 457 g/mol. The second-order valence-corrected chi connectivity index (χ2v) is 10.9. The van der Waals surface area contributed by atoms with Gasteiger partial charge in [0.25, 0.3) is 0 Å². The monoisotopic (exact) mass is 456 g/mol. The summed E-state index contributed by atoms with van der Waals surface area (Å²) in [6.07, 6.45) is 1.06. The molecule has 178 valence electrons. The first kappa shape index (κ1) is 27.6. The van der Waals surface area contributed by atoms with Gasteiger partial charge in [-0.2, -0.15) is 24.9 Å². The Kier molecular flexibility index (Phi) is 11.0. The van der Waals surface area contributed by atoms with E-state index in [1.807, 2.05) is 13.8 Å². The maximum atomic E-state index is 12.4. The number of thioether (sulfide) groups is 1. The molecule has 1 saturated carbocycles. The third-order valence-corrected chi connectivity index (χ3v) is 8.44. The molecule has 1 aliphatic carbocycles. The molecule has 8 heteroatoms. The third kappa shape index (κ3) is 9.77. The SMILES string of the molecule is CC(C)(CCCC(F)(F)F)C(C)(O)CSC1CCC(O)C1CCCCCCC(=O)O. The summed E-state index contributed by atoms with van der Waals surface area (Å²) in [5.74, 6) is -0.192. The van der Waals surface area contributed by atoms with Crippen molar-refractivity contribution in [2.75, 3.05) is 5.75 Å². The van der Waals surface area contributed by atoms with Crippen molar-refractivity contribution >= 4 is 17.7 Å². The van der Waals surface area contributed by atoms with Gasteiger partial charge in [-0.3, -0.25) is 4.79 Å². The van der Waals surface area contributed by atoms with Gasteiger partial charge in [0.1, 0.15) is 0 Å². The standard InChI is InChI=1S/C22H39F3O4S/c1-20(2,13-8-14-22(23,24)25)21(3,29)15-30-18-12-11-17(26)16(18)9-6-4-5-7-10-19(27)28/h16-18,26,29H,4-15H2,1-3H3,(H,27,28). The largest absolute Gasteiger partial charge is 0.481 e. The molecule has 0 spiro atoms. The second-order valence-electron chi connectivity index (χ2n) is 9.63. The fourth-order valence-corrected chi connectivity index (χ4v) is 5.87. The van der Waals surface area contributed by atoms with Gasteiger partial charge < -0.3 is 15.3 Å². The van der Waals surface area contributed by atoms with Gasteiger partial charge in [-0.1, -0.05) is 33.1 Å². The van der Waals surface area contributed by atoms with Crippen molar-refractivity contribution in [1.29, 1.82) is 0 Å². The van der Waals surface area contributed by atoms with Crippen LogP contribution in [0.3, 0.4) is 0 Å². The molecule has 0 aromatic carbocycles. The minimum atomic E-state index is -4.17. The molecule has 0 aromatic rings. The number of aliphatic carboxylic acids is 1. The highest BCUT2D eigenvalue weighted by atomic mass is 32.2. The Hall–Kier alpha value is -0.470. The molecule has 0 aliphatic heterocycles. The molecule has 0 radical (unpaired) electrons. The van der Waals surface area contributed by atoms with Gasteiger partial charge in [0.05, 0.1) is 11.7 Å². The first-order valence-electron chi connectivity index (χ1n) is 11.1. The van der Waals surface area contributed by atoms with Crippen LogP contribution in [-0.4, -0.2) is 50.2 Å². The molecule has 0 amide bonds. The highest BCUT2D eigenvalue weighted by Crippen LogP contribution is 2.44. The van der Waals surface area contributed by atoms with Crippen LogP contribution >= 0.6 is 11.8 Å². The zero-order valence-electron chi connectivity index (χ0n) is 18.5. The van der Waals surface area contributed by atoms with Gasteiger partial charge in [-0.25, -0.2) is 0 Å². The van der Waals surface area contributed by atoms with E-state index in [1.165, 1.54) is 0 Å². The maximum Gasteiger partial charge on any atom is 0.389 e. The molecule has 1 aliphatic rings. The molecule has 30 heavy (non-hydrogen) atoms. The Bertz CT molecular complexity index is 523. The van der Waals surface area contributed by atoms with Crippen molar-refractivity contribution in [3.63, 3.8) is 0 Å². The molecular weight excluding hydrogens is 417 g/mol. The number of carboxylic acid groups (broad SMARTS) is 1. The van der Waals surface area contributed by atoms with Crippen molar-refractivity contribution in [1.82, 2.24) is 0 Å². The van der Waals surface area contributed by atoms with Crippen molar-refractivity contribution in [2.45, 2.75) is 115 Å². The molecule has 1 fully saturated rings. The van der Waals surface area contributed by atoms with Crippen LogP contribution in [0.2, 0.25) is 0 Å². The number of carbonyl (C=O) groups is 1. The van der Waals surface area contributed by atoms with E-state index in [2.05, 4.69) is 0 Å². The number of halogens is 3. The Morgan fingerprint density at radius 2 is 1.63 bits per heavy atom. The highest BCUT2D eigenvalue weighted by Gasteiger charge is 2.42. The number of aliphatic hydroxyl groups excluding tert-OH is 1. The molecule has 0 saturated heterocycles. The van der Waals surface area contributed by atoms with E-state index in [1.54, 1.807) is 18.7 Å². The van der Waals surface area contributed by atoms with Crippen molar-refractivity contribution < 1.29 is 33.3 Å². The Labute approximate surface area is 183 Å². The van der Waals surface area contributed by atoms with Gasteiger partial charge in [0, 0.05) is 23.8 Å². The predicted octanol–water partition coefficient (Wildman–Crippen LogP) is 5.79. The van der Waals surface area contributed by atoms with Gasteiger partial charge in [0.2, 0.25) is 0 Å². The molecule has 0 bridgehead atoms. The zero-order valence-corrected chi connectivity index (χ0v) is 19.3. The number of hydrogen-bond acceptors (Lipinski definition) is 4. The quantitative estimate of drug-likeness (QED) is 0.288. The van der Waals surface area contributed by atoms with Crippen molar-refractivity contribution in [3.8, 4) is 0 Å². The lowest BCUT2D eigenvalue weighted by atomic mass is 9.73. The summed E-state index contributed by atoms with van der Waals surface area (Å²) < 4.78 is 37.3. The van der Waals surface area contributed by atoms with Crippen LogP contribution in [-0.2, 0) is 4.79 Å². The highest BCUT2D eigenvalue weighted by molar-refractivity contribution is 8.00. The van der Waals surface area contributed by atoms with Gasteiger partial charge in [-0.15, -0.1) is 0 Å². The summed E-state index contributed by atoms with van der Waals surface area (Å²) in [4.78, 5) is 10.5. The van der Waals surface area contributed by atoms with E-state index >= 15 is 0 Å². The van der Waals surface area contributed by atoms with Crippen LogP contribution in [0.15, 0.2) is 0 Å². The van der Waals surface area contributed by atoms with Crippen LogP contribution in [0.25, 0.3) is 0 Å². The minimum absolute atomic E-state index is 0.00393. The first-order valence-corrected chi connectivity index (χ1v) is 12.1. The third-order valence-electron chi connectivity index (χ3n) is 6.70. The number of rotatable bonds is 14. The van der Waals surface area contributed by atoms with Crippen LogP contribution < -0.4 is 0 Å². The fraction of sp³-hybridized carbons (Fsp3) is 0.955. The van der Waals surface area contributed by atoms with Gasteiger partial charge >= 0.3 is 12.1 Å². The number of unbranched alkanes of at least 4 members (excludes halogenated alkanes) is 3. The van der Waals surface area contributed by atoms with E-state index in [0.29, 0.717) is 18.6 Å². The lowest BCUT2D eigenvalue weighted by Crippen LogP contribution is -2.45. The van der Waals surface area contributed by atoms with Crippen LogP contribution in [0, 0.1) is 11.3 Å². The van der Waals surface area contributed by atoms with Crippen LogP contribution in [0.5, 0.6) is 0 Å². The minimum Gasteiger partial charge on any atom is -0.481 e. The van der Waals surface area contributed by atoms with E-state index in [-0.39, 0.29) is 30.1 Å². The summed E-state index contributed by atoms with van der Waals surface area (Å²) in [6, 6.07) is 0. The lowest BCUT2D eigenvalue weighted by molar-refractivity contribution is -0.139. The van der Waals surface area contributed by atoms with E-state index in [0.717, 1.165) is 38.5 Å². The number of aliphatic hydroxyl groups is 2. The molecule has 3 N–H and O–H groups in total. The Morgan fingerprint density at radius 3 is 2.23 bits per heavy atom. The topological polar surface area (TPSA) is 77.8 Å². The molecule has 0 aromatic heterocycles. The van der Waals surface area contributed by atoms with E-state index in [4.69, 9.17) is 5.11 Å². The zero-order chi connectivity index (χ0) is 23.0. The van der Waals surface area contributed by atoms with Crippen LogP contribution in [0.4, 0.5) is 13.2 Å². The van der Waals surface area contributed by atoms with Crippen molar-refractivity contribution in [2.24, 2.45) is 11.3 Å². The molecule has 4 atom stereocenters. The first-order chi connectivity index (χ1) is 13.8. The van der Waals surface area contributed by atoms with Crippen molar-refractivity contribution in [3.05, 3.63) is 0 Å². The Balaban J connectivity index is 2.46. The molecular formula is C22H39F3O4S. The maximum absolute atomic E-state index is 12.4. The predicted molar refractivity (Wildman–Crippen MR) is 115 cm³/mol. The van der Waals surface area contributed by atoms with E-state index < -0.39 is 29.6 Å². The van der Waals surface area contributed by atoms with E-state index in [9.17, 15) is 28.2 Å². The molecule has 1 rings (SSSR count). The Morgan fingerprint density at radius 1 is 1.00 bits per heavy atom. The second kappa shape index (κ2) is 12.0. The smallest absolute Gasteiger partial charge is 0.389 e. The summed E-state index contributed by atoms with van der Waals surface area (Å²) in [7, 11) is 0. The van der Waals surface area contributed by atoms with Gasteiger partial charge in [0.15, 0.2) is 0 Å². The molecule has 4 unspecified atom stereocenters. The normalized spacial score (nSPS) is 24.7. The number of alkyl halides is 3. The van der Waals surface area contributed by atoms with Crippen LogP contribution in [0.1, 0.15) is 91.4 Å². The summed E-state index contributed by atoms with van der Waals surface area (Å²) in [5.41, 5.74) is -1.74. The fourth-order valence-electron chi connectivity index (χ4n) is 4.07. The summed E-state index contributed by atoms with van der Waals surface area (Å²) in [6.45, 7) is 5.35. The summed E-state index contributed by atoms with van der Waals surface area (Å²) in [5, 5.41) is 30.3. The molecule has 4 nitrogen and oxygen atoms in total. The summed E-state index contributed by atoms with van der Waals surface area (Å²) >= 11 is 1.63. The average Bonchev–Trinajstić information content (AvgIpc) is 2.94. The lowest BCUT2D eigenvalue weighted by Gasteiger charge is -2.41. The van der Waals surface area contributed by atoms with Gasteiger partial charge in [-0.05, 0) is 56.8 Å². The molecule has 0 heterocycles. The number of carboxylic acids is 1.